The monoisotopic (exact) mass is 656 g/mol. The summed E-state index contributed by atoms with van der Waals surface area (Å²) in [7, 11) is 0. The van der Waals surface area contributed by atoms with Gasteiger partial charge in [0.2, 0.25) is 0 Å². The molecule has 3 fully saturated rings. The van der Waals surface area contributed by atoms with E-state index in [9.17, 15) is 9.50 Å². The van der Waals surface area contributed by atoms with Gasteiger partial charge in [0.25, 0.3) is 0 Å². The second-order valence-corrected chi connectivity index (χ2v) is 14.0. The quantitative estimate of drug-likeness (QED) is 0.245. The lowest BCUT2D eigenvalue weighted by Crippen LogP contribution is -2.57. The molecule has 0 amide bonds. The molecule has 48 heavy (non-hydrogen) atoms. The summed E-state index contributed by atoms with van der Waals surface area (Å²) in [5.74, 6) is 1.41. The Morgan fingerprint density at radius 3 is 2.81 bits per heavy atom. The van der Waals surface area contributed by atoms with Crippen LogP contribution in [0.25, 0.3) is 32.9 Å². The van der Waals surface area contributed by atoms with Crippen LogP contribution in [0.4, 0.5) is 19.0 Å². The van der Waals surface area contributed by atoms with Gasteiger partial charge in [0.1, 0.15) is 41.4 Å². The Hall–Kier alpha value is -4.14. The van der Waals surface area contributed by atoms with Crippen molar-refractivity contribution in [1.29, 1.82) is 0 Å². The number of alkyl halides is 1. The molecule has 0 aliphatic carbocycles. The highest BCUT2D eigenvalue weighted by molar-refractivity contribution is 6.03. The fourth-order valence-corrected chi connectivity index (χ4v) is 8.60. The predicted molar refractivity (Wildman–Crippen MR) is 179 cm³/mol. The van der Waals surface area contributed by atoms with Crippen molar-refractivity contribution in [1.82, 2.24) is 25.2 Å². The zero-order chi connectivity index (χ0) is 33.3. The van der Waals surface area contributed by atoms with Crippen LogP contribution in [0.3, 0.4) is 0 Å². The molecule has 2 aromatic heterocycles. The third-order valence-electron chi connectivity index (χ3n) is 11.1. The van der Waals surface area contributed by atoms with Gasteiger partial charge in [-0.05, 0) is 68.2 Å². The molecule has 250 valence electrons. The van der Waals surface area contributed by atoms with Crippen molar-refractivity contribution in [2.24, 2.45) is 0 Å². The lowest BCUT2D eigenvalue weighted by molar-refractivity contribution is 0.107. The molecule has 2 aromatic carbocycles. The van der Waals surface area contributed by atoms with Crippen LogP contribution in [0, 0.1) is 24.0 Å². The van der Waals surface area contributed by atoms with Gasteiger partial charge in [-0.1, -0.05) is 25.8 Å². The van der Waals surface area contributed by atoms with Gasteiger partial charge in [-0.15, -0.1) is 6.42 Å². The van der Waals surface area contributed by atoms with Crippen LogP contribution in [0.15, 0.2) is 24.3 Å². The number of pyridine rings is 1. The number of ether oxygens (including phenoxy) is 1. The maximum Gasteiger partial charge on any atom is 0.319 e. The smallest absolute Gasteiger partial charge is 0.319 e. The third kappa shape index (κ3) is 4.95. The number of terminal acetylenes is 1. The highest BCUT2D eigenvalue weighted by Crippen LogP contribution is 2.45. The molecule has 0 bridgehead atoms. The minimum Gasteiger partial charge on any atom is -0.508 e. The highest BCUT2D eigenvalue weighted by atomic mass is 19.1. The summed E-state index contributed by atoms with van der Waals surface area (Å²) in [5.41, 5.74) is 0.287. The number of phenolic OH excluding ortho intramolecular Hbond substituents is 1. The van der Waals surface area contributed by atoms with E-state index in [-0.39, 0.29) is 64.1 Å². The van der Waals surface area contributed by atoms with Crippen molar-refractivity contribution >= 4 is 27.5 Å². The summed E-state index contributed by atoms with van der Waals surface area (Å²) >= 11 is 0. The molecule has 11 heteroatoms. The number of nitrogens with zero attached hydrogens (tertiary/aromatic N) is 5. The van der Waals surface area contributed by atoms with Crippen LogP contribution < -0.4 is 15.0 Å². The lowest BCUT2D eigenvalue weighted by atomic mass is 9.89. The van der Waals surface area contributed by atoms with Crippen LogP contribution in [0.1, 0.15) is 69.5 Å². The standard InChI is InChI=1S/C37H39F3N6O2/c1-4-23-18-46-24(16-41-23)9-7-20(3)32-30-34(43-36(44-35(30)46)48-19-37-11-6-12-45(37)17-22(38)15-37)31(40)33(42-32)27-14-25(47)13-21-8-10-28(39)26(5-2)29(21)27/h2,8,10,13-14,20,22-24,41,47H,4,6-7,9,11-12,15-19H2,1,3H3/t20-,22-,23-,24-,37+/m1/s1. The number of anilines is 1. The molecule has 4 aliphatic rings. The number of nitrogens with one attached hydrogen (secondary N) is 1. The molecule has 0 spiro atoms. The molecule has 5 atom stereocenters. The van der Waals surface area contributed by atoms with E-state index in [0.29, 0.717) is 41.8 Å². The average molecular weight is 657 g/mol. The fourth-order valence-electron chi connectivity index (χ4n) is 8.60. The number of halogens is 3. The molecular formula is C37H39F3N6O2. The van der Waals surface area contributed by atoms with Gasteiger partial charge in [0.15, 0.2) is 5.82 Å². The number of benzene rings is 2. The van der Waals surface area contributed by atoms with E-state index in [2.05, 4.69) is 34.9 Å². The van der Waals surface area contributed by atoms with E-state index in [1.54, 1.807) is 0 Å². The van der Waals surface area contributed by atoms with E-state index in [1.165, 1.54) is 24.3 Å². The second-order valence-electron chi connectivity index (χ2n) is 14.0. The number of aromatic nitrogens is 3. The molecular weight excluding hydrogens is 617 g/mol. The van der Waals surface area contributed by atoms with Crippen LogP contribution >= 0.6 is 0 Å². The topological polar surface area (TPSA) is 86.6 Å². The molecule has 8 rings (SSSR count). The van der Waals surface area contributed by atoms with Crippen molar-refractivity contribution in [3.8, 4) is 35.4 Å². The van der Waals surface area contributed by atoms with Crippen molar-refractivity contribution in [2.75, 3.05) is 37.7 Å². The Morgan fingerprint density at radius 1 is 1.15 bits per heavy atom. The molecule has 2 N–H and O–H groups in total. The first-order chi connectivity index (χ1) is 23.2. The molecule has 3 saturated heterocycles. The maximum absolute atomic E-state index is 17.3. The highest BCUT2D eigenvalue weighted by Gasteiger charge is 2.49. The first kappa shape index (κ1) is 31.1. The van der Waals surface area contributed by atoms with Crippen molar-refractivity contribution in [3.63, 3.8) is 0 Å². The van der Waals surface area contributed by atoms with Gasteiger partial charge in [0.05, 0.1) is 22.2 Å². The van der Waals surface area contributed by atoms with E-state index in [1.807, 2.05) is 0 Å². The lowest BCUT2D eigenvalue weighted by Gasteiger charge is -2.43. The Labute approximate surface area is 277 Å². The first-order valence-corrected chi connectivity index (χ1v) is 17.0. The molecule has 0 unspecified atom stereocenters. The van der Waals surface area contributed by atoms with Crippen molar-refractivity contribution < 1.29 is 23.0 Å². The molecule has 8 nitrogen and oxygen atoms in total. The van der Waals surface area contributed by atoms with Crippen LogP contribution in [0.2, 0.25) is 0 Å². The zero-order valence-corrected chi connectivity index (χ0v) is 27.2. The number of piperazine rings is 1. The number of aromatic hydroxyl groups is 1. The largest absolute Gasteiger partial charge is 0.508 e. The minimum absolute atomic E-state index is 0.0257. The Bertz CT molecular complexity index is 1980. The Morgan fingerprint density at radius 2 is 2.00 bits per heavy atom. The van der Waals surface area contributed by atoms with E-state index in [0.717, 1.165) is 45.2 Å². The summed E-state index contributed by atoms with van der Waals surface area (Å²) in [5, 5.41) is 15.7. The maximum atomic E-state index is 17.3. The average Bonchev–Trinajstić information content (AvgIpc) is 3.61. The van der Waals surface area contributed by atoms with E-state index >= 15 is 8.78 Å². The van der Waals surface area contributed by atoms with Gasteiger partial charge in [-0.25, -0.2) is 18.2 Å². The molecule has 0 radical (unpaired) electrons. The normalized spacial score (nSPS) is 27.0. The van der Waals surface area contributed by atoms with Gasteiger partial charge in [-0.2, -0.15) is 9.97 Å². The summed E-state index contributed by atoms with van der Waals surface area (Å²) in [6.07, 6.45) is 9.57. The fraction of sp³-hybridized carbons (Fsp3) is 0.486. The van der Waals surface area contributed by atoms with Gasteiger partial charge >= 0.3 is 6.01 Å². The number of rotatable bonds is 5. The van der Waals surface area contributed by atoms with Gasteiger partial charge in [-0.3, -0.25) is 4.90 Å². The summed E-state index contributed by atoms with van der Waals surface area (Å²) in [6, 6.07) is 5.96. The molecule has 4 aliphatic heterocycles. The Balaban J connectivity index is 1.36. The number of phenols is 1. The van der Waals surface area contributed by atoms with Crippen LogP contribution in [-0.2, 0) is 0 Å². The van der Waals surface area contributed by atoms with Gasteiger partial charge < -0.3 is 20.1 Å². The van der Waals surface area contributed by atoms with E-state index in [4.69, 9.17) is 26.1 Å². The third-order valence-corrected chi connectivity index (χ3v) is 11.1. The van der Waals surface area contributed by atoms with Crippen LogP contribution in [0.5, 0.6) is 11.8 Å². The van der Waals surface area contributed by atoms with Crippen molar-refractivity contribution in [3.05, 3.63) is 47.2 Å². The Kier molecular flexibility index (Phi) is 7.64. The zero-order valence-electron chi connectivity index (χ0n) is 27.2. The summed E-state index contributed by atoms with van der Waals surface area (Å²) in [4.78, 5) is 19.1. The van der Waals surface area contributed by atoms with Crippen LogP contribution in [-0.4, -0.2) is 81.5 Å². The SMILES string of the molecule is C#Cc1c(F)ccc2cc(O)cc(-c3nc4c5c(nc(OC[C@@]67CCCN6C[C@H](F)C7)nc5c3F)N3C[C@@H](CC)NC[C@H]3CC[C@H]4C)c12. The number of hydrogen-bond donors (Lipinski definition) is 2. The summed E-state index contributed by atoms with van der Waals surface area (Å²) < 4.78 is 53.3. The minimum atomic E-state index is -0.919. The molecule has 6 heterocycles. The van der Waals surface area contributed by atoms with Crippen molar-refractivity contribution in [2.45, 2.75) is 82.1 Å². The number of fused-ring (bicyclic) bond motifs is 4. The second kappa shape index (κ2) is 11.8. The molecule has 0 saturated carbocycles. The number of hydrogen-bond acceptors (Lipinski definition) is 8. The first-order valence-electron chi connectivity index (χ1n) is 17.0. The molecule has 4 aromatic rings. The predicted octanol–water partition coefficient (Wildman–Crippen LogP) is 6.22. The van der Waals surface area contributed by atoms with Gasteiger partial charge in [0, 0.05) is 49.1 Å². The summed E-state index contributed by atoms with van der Waals surface area (Å²) in [6.45, 7) is 7.04. The van der Waals surface area contributed by atoms with E-state index < -0.39 is 23.3 Å².